The highest BCUT2D eigenvalue weighted by Crippen LogP contribution is 2.38. The highest BCUT2D eigenvalue weighted by molar-refractivity contribution is 5.35. The van der Waals surface area contributed by atoms with E-state index in [2.05, 4.69) is 4.90 Å². The fourth-order valence-corrected chi connectivity index (χ4v) is 3.15. The molecule has 1 saturated carbocycles. The van der Waals surface area contributed by atoms with Crippen LogP contribution >= 0.6 is 0 Å². The molecule has 6 heteroatoms. The number of aliphatic hydroxyl groups is 1. The summed E-state index contributed by atoms with van der Waals surface area (Å²) in [6.07, 6.45) is 2.69. The van der Waals surface area contributed by atoms with Crippen molar-refractivity contribution in [1.29, 1.82) is 0 Å². The van der Waals surface area contributed by atoms with Gasteiger partial charge in [0.1, 0.15) is 0 Å². The monoisotopic (exact) mass is 292 g/mol. The van der Waals surface area contributed by atoms with Gasteiger partial charge in [0, 0.05) is 31.8 Å². The number of nitro benzene ring substituents is 1. The molecule has 1 N–H and O–H groups in total. The van der Waals surface area contributed by atoms with Crippen molar-refractivity contribution < 1.29 is 14.8 Å². The Morgan fingerprint density at radius 2 is 2.29 bits per heavy atom. The maximum Gasteiger partial charge on any atom is 0.269 e. The molecule has 21 heavy (non-hydrogen) atoms. The van der Waals surface area contributed by atoms with Gasteiger partial charge >= 0.3 is 0 Å². The Morgan fingerprint density at radius 1 is 1.48 bits per heavy atom. The third-order valence-electron chi connectivity index (χ3n) is 4.49. The molecule has 114 valence electrons. The van der Waals surface area contributed by atoms with Crippen LogP contribution in [0.4, 0.5) is 5.69 Å². The third-order valence-corrected chi connectivity index (χ3v) is 4.49. The molecule has 0 amide bonds. The van der Waals surface area contributed by atoms with Crippen molar-refractivity contribution in [3.05, 3.63) is 39.9 Å². The maximum atomic E-state index is 10.8. The molecule has 2 aliphatic rings. The summed E-state index contributed by atoms with van der Waals surface area (Å²) < 4.78 is 5.86. The molecule has 1 unspecified atom stereocenters. The van der Waals surface area contributed by atoms with E-state index in [9.17, 15) is 15.2 Å². The highest BCUT2D eigenvalue weighted by Gasteiger charge is 2.42. The second-order valence-corrected chi connectivity index (χ2v) is 5.99. The van der Waals surface area contributed by atoms with Crippen LogP contribution in [0.1, 0.15) is 30.9 Å². The number of β-amino-alcohol motifs (C(OH)–C–C–N with tert-alkyl or cyclic N) is 1. The SMILES string of the molecule is O=[N+]([O-])c1cccc(C(O)CN2CCOC3(CCC3)C2)c1. The topological polar surface area (TPSA) is 75.8 Å². The van der Waals surface area contributed by atoms with Gasteiger partial charge in [-0.25, -0.2) is 0 Å². The first-order valence-electron chi connectivity index (χ1n) is 7.37. The van der Waals surface area contributed by atoms with E-state index in [4.69, 9.17) is 4.74 Å². The van der Waals surface area contributed by atoms with Crippen molar-refractivity contribution in [1.82, 2.24) is 4.90 Å². The smallest absolute Gasteiger partial charge is 0.269 e. The van der Waals surface area contributed by atoms with Crippen molar-refractivity contribution in [3.8, 4) is 0 Å². The molecule has 0 bridgehead atoms. The predicted octanol–water partition coefficient (Wildman–Crippen LogP) is 1.88. The lowest BCUT2D eigenvalue weighted by atomic mass is 9.79. The van der Waals surface area contributed by atoms with Gasteiger partial charge in [0.25, 0.3) is 5.69 Å². The molecule has 1 heterocycles. The zero-order valence-corrected chi connectivity index (χ0v) is 11.9. The van der Waals surface area contributed by atoms with E-state index in [1.54, 1.807) is 12.1 Å². The van der Waals surface area contributed by atoms with Gasteiger partial charge in [-0.1, -0.05) is 12.1 Å². The van der Waals surface area contributed by atoms with Crippen LogP contribution in [0.15, 0.2) is 24.3 Å². The first-order valence-corrected chi connectivity index (χ1v) is 7.37. The summed E-state index contributed by atoms with van der Waals surface area (Å²) >= 11 is 0. The van der Waals surface area contributed by atoms with E-state index in [-0.39, 0.29) is 11.3 Å². The molecule has 1 saturated heterocycles. The maximum absolute atomic E-state index is 10.8. The molecule has 1 spiro atoms. The van der Waals surface area contributed by atoms with Crippen LogP contribution in [-0.2, 0) is 4.74 Å². The molecule has 1 aromatic carbocycles. The van der Waals surface area contributed by atoms with E-state index >= 15 is 0 Å². The average molecular weight is 292 g/mol. The van der Waals surface area contributed by atoms with Gasteiger partial charge in [0.05, 0.1) is 23.2 Å². The minimum absolute atomic E-state index is 0.000649. The van der Waals surface area contributed by atoms with Crippen molar-refractivity contribution in [3.63, 3.8) is 0 Å². The third kappa shape index (κ3) is 3.07. The summed E-state index contributed by atoms with van der Waals surface area (Å²) in [5, 5.41) is 21.1. The normalized spacial score (nSPS) is 22.7. The molecule has 2 fully saturated rings. The van der Waals surface area contributed by atoms with Crippen LogP contribution < -0.4 is 0 Å². The lowest BCUT2D eigenvalue weighted by Gasteiger charge is -2.48. The van der Waals surface area contributed by atoms with Crippen molar-refractivity contribution >= 4 is 5.69 Å². The van der Waals surface area contributed by atoms with Gasteiger partial charge in [-0.15, -0.1) is 0 Å². The summed E-state index contributed by atoms with van der Waals surface area (Å²) in [5.41, 5.74) is 0.614. The minimum atomic E-state index is -0.708. The predicted molar refractivity (Wildman–Crippen MR) is 77.0 cm³/mol. The van der Waals surface area contributed by atoms with Crippen LogP contribution in [0.2, 0.25) is 0 Å². The summed E-state index contributed by atoms with van der Waals surface area (Å²) in [6.45, 7) is 2.83. The lowest BCUT2D eigenvalue weighted by molar-refractivity contribution is -0.385. The number of nitro groups is 1. The van der Waals surface area contributed by atoms with Crippen LogP contribution in [0.5, 0.6) is 0 Å². The van der Waals surface area contributed by atoms with Crippen molar-refractivity contribution in [2.24, 2.45) is 0 Å². The number of ether oxygens (including phenoxy) is 1. The number of aliphatic hydroxyl groups excluding tert-OH is 1. The number of non-ortho nitro benzene ring substituents is 1. The molecular weight excluding hydrogens is 272 g/mol. The van der Waals surface area contributed by atoms with Gasteiger partial charge in [-0.2, -0.15) is 0 Å². The van der Waals surface area contributed by atoms with Crippen LogP contribution in [0.25, 0.3) is 0 Å². The van der Waals surface area contributed by atoms with Gasteiger partial charge in [0.15, 0.2) is 0 Å². The molecule has 1 atom stereocenters. The van der Waals surface area contributed by atoms with E-state index in [0.717, 1.165) is 25.9 Å². The average Bonchev–Trinajstić information content (AvgIpc) is 2.46. The summed E-state index contributed by atoms with van der Waals surface area (Å²) in [6, 6.07) is 6.24. The van der Waals surface area contributed by atoms with Crippen molar-refractivity contribution in [2.45, 2.75) is 31.0 Å². The Hall–Kier alpha value is -1.50. The summed E-state index contributed by atoms with van der Waals surface area (Å²) in [4.78, 5) is 12.6. The van der Waals surface area contributed by atoms with Crippen molar-refractivity contribution in [2.75, 3.05) is 26.2 Å². The Kier molecular flexibility index (Phi) is 3.93. The quantitative estimate of drug-likeness (QED) is 0.677. The minimum Gasteiger partial charge on any atom is -0.387 e. The highest BCUT2D eigenvalue weighted by atomic mass is 16.6. The lowest BCUT2D eigenvalue weighted by Crippen LogP contribution is -2.56. The largest absolute Gasteiger partial charge is 0.387 e. The molecule has 6 nitrogen and oxygen atoms in total. The molecule has 1 aromatic rings. The number of rotatable bonds is 4. The molecule has 0 radical (unpaired) electrons. The van der Waals surface area contributed by atoms with Crippen LogP contribution in [-0.4, -0.2) is 46.8 Å². The number of hydrogen-bond donors (Lipinski definition) is 1. The zero-order valence-electron chi connectivity index (χ0n) is 11.9. The fourth-order valence-electron chi connectivity index (χ4n) is 3.15. The number of morpholine rings is 1. The Bertz CT molecular complexity index is 530. The van der Waals surface area contributed by atoms with Gasteiger partial charge < -0.3 is 9.84 Å². The Morgan fingerprint density at radius 3 is 2.95 bits per heavy atom. The second kappa shape index (κ2) is 5.71. The number of benzene rings is 1. The molecule has 3 rings (SSSR count). The molecular formula is C15H20N2O4. The number of hydrogen-bond acceptors (Lipinski definition) is 5. The fraction of sp³-hybridized carbons (Fsp3) is 0.600. The van der Waals surface area contributed by atoms with Gasteiger partial charge in [-0.3, -0.25) is 15.0 Å². The summed E-state index contributed by atoms with van der Waals surface area (Å²) in [5.74, 6) is 0. The second-order valence-electron chi connectivity index (χ2n) is 5.99. The van der Waals surface area contributed by atoms with Gasteiger partial charge in [-0.05, 0) is 24.8 Å². The van der Waals surface area contributed by atoms with Gasteiger partial charge in [0.2, 0.25) is 0 Å². The Balaban J connectivity index is 1.64. The first kappa shape index (κ1) is 14.4. The number of nitrogens with zero attached hydrogens (tertiary/aromatic N) is 2. The van der Waals surface area contributed by atoms with Crippen LogP contribution in [0.3, 0.4) is 0 Å². The van der Waals surface area contributed by atoms with E-state index < -0.39 is 11.0 Å². The van der Waals surface area contributed by atoms with E-state index in [1.165, 1.54) is 18.6 Å². The first-order chi connectivity index (χ1) is 10.1. The van der Waals surface area contributed by atoms with Crippen LogP contribution in [0, 0.1) is 10.1 Å². The molecule has 1 aliphatic heterocycles. The zero-order chi connectivity index (χ0) is 14.9. The summed E-state index contributed by atoms with van der Waals surface area (Å²) in [7, 11) is 0. The van der Waals surface area contributed by atoms with E-state index in [1.807, 2.05) is 0 Å². The standard InChI is InChI=1S/C15H20N2O4/c18-14(12-3-1-4-13(9-12)17(19)20)10-16-7-8-21-15(11-16)5-2-6-15/h1,3-4,9,14,18H,2,5-8,10-11H2. The van der Waals surface area contributed by atoms with E-state index in [0.29, 0.717) is 18.7 Å². The molecule has 0 aromatic heterocycles. The Labute approximate surface area is 123 Å². The molecule has 1 aliphatic carbocycles.